The fraction of sp³-hybridized carbons (Fsp3) is 0.348. The highest BCUT2D eigenvalue weighted by Crippen LogP contribution is 2.44. The molecule has 0 unspecified atom stereocenters. The monoisotopic (exact) mass is 408 g/mol. The Hall–Kier alpha value is -3.35. The minimum absolute atomic E-state index is 0.0530. The fourth-order valence-electron chi connectivity index (χ4n) is 4.04. The van der Waals surface area contributed by atoms with Crippen molar-refractivity contribution >= 4 is 18.0 Å². The van der Waals surface area contributed by atoms with Crippen molar-refractivity contribution in [2.24, 2.45) is 0 Å². The molecule has 0 radical (unpaired) electrons. The third-order valence-corrected chi connectivity index (χ3v) is 5.73. The number of rotatable bonds is 7. The Balaban J connectivity index is 1.38. The van der Waals surface area contributed by atoms with E-state index in [0.29, 0.717) is 12.8 Å². The standard InChI is InChI=1S/C23H24N2O5/c1-14(12-20(26)27)24-21(28)23(10-11-23)25-22(29)30-13-19-17-8-4-2-6-15(17)16-7-3-5-9-18(16)19/h2-9,14,19H,10-13H2,1H3,(H,24,28)(H,25,29)(H,26,27)/t14-/m1/s1. The van der Waals surface area contributed by atoms with Gasteiger partial charge in [-0.25, -0.2) is 4.79 Å². The lowest BCUT2D eigenvalue weighted by molar-refractivity contribution is -0.137. The minimum atomic E-state index is -1.00. The number of carboxylic acid groups (broad SMARTS) is 1. The number of nitrogens with one attached hydrogen (secondary N) is 2. The first-order valence-electron chi connectivity index (χ1n) is 10.1. The molecule has 7 nitrogen and oxygen atoms in total. The van der Waals surface area contributed by atoms with E-state index >= 15 is 0 Å². The van der Waals surface area contributed by atoms with Crippen molar-refractivity contribution in [3.63, 3.8) is 0 Å². The quantitative estimate of drug-likeness (QED) is 0.653. The van der Waals surface area contributed by atoms with Crippen molar-refractivity contribution < 1.29 is 24.2 Å². The first kappa shape index (κ1) is 19.9. The predicted octanol–water partition coefficient (Wildman–Crippen LogP) is 3.04. The largest absolute Gasteiger partial charge is 0.481 e. The number of fused-ring (bicyclic) bond motifs is 3. The number of amides is 2. The van der Waals surface area contributed by atoms with Crippen LogP contribution in [-0.2, 0) is 14.3 Å². The maximum Gasteiger partial charge on any atom is 0.408 e. The molecule has 7 heteroatoms. The summed E-state index contributed by atoms with van der Waals surface area (Å²) in [5.41, 5.74) is 3.52. The van der Waals surface area contributed by atoms with Gasteiger partial charge < -0.3 is 20.5 Å². The Labute approximate surface area is 174 Å². The molecule has 0 saturated heterocycles. The van der Waals surface area contributed by atoms with Crippen molar-refractivity contribution in [2.45, 2.75) is 43.7 Å². The number of carbonyl (C=O) groups excluding carboxylic acids is 2. The molecule has 2 amide bonds. The number of hydrogen-bond acceptors (Lipinski definition) is 4. The molecule has 2 aromatic rings. The lowest BCUT2D eigenvalue weighted by atomic mass is 9.98. The van der Waals surface area contributed by atoms with Gasteiger partial charge in [-0.2, -0.15) is 0 Å². The Kier molecular flexibility index (Phi) is 5.20. The fourth-order valence-corrected chi connectivity index (χ4v) is 4.04. The van der Waals surface area contributed by atoms with E-state index in [1.807, 2.05) is 36.4 Å². The van der Waals surface area contributed by atoms with Crippen LogP contribution in [0.2, 0.25) is 0 Å². The Morgan fingerprint density at radius 1 is 1.07 bits per heavy atom. The lowest BCUT2D eigenvalue weighted by Crippen LogP contribution is -2.51. The van der Waals surface area contributed by atoms with E-state index in [-0.39, 0.29) is 24.9 Å². The molecule has 3 N–H and O–H groups in total. The number of carboxylic acids is 1. The van der Waals surface area contributed by atoms with Crippen LogP contribution in [0.5, 0.6) is 0 Å². The van der Waals surface area contributed by atoms with Crippen LogP contribution in [0.15, 0.2) is 48.5 Å². The number of benzene rings is 2. The van der Waals surface area contributed by atoms with Gasteiger partial charge >= 0.3 is 12.1 Å². The maximum absolute atomic E-state index is 12.5. The molecule has 1 saturated carbocycles. The van der Waals surface area contributed by atoms with Gasteiger partial charge in [0.15, 0.2) is 0 Å². The van der Waals surface area contributed by atoms with Gasteiger partial charge in [-0.3, -0.25) is 9.59 Å². The molecule has 0 aromatic heterocycles. The van der Waals surface area contributed by atoms with E-state index in [2.05, 4.69) is 22.8 Å². The second kappa shape index (κ2) is 7.82. The third kappa shape index (κ3) is 3.87. The Morgan fingerprint density at radius 2 is 1.63 bits per heavy atom. The molecule has 4 rings (SSSR count). The van der Waals surface area contributed by atoms with Crippen molar-refractivity contribution in [3.05, 3.63) is 59.7 Å². The molecule has 2 aliphatic rings. The van der Waals surface area contributed by atoms with Crippen molar-refractivity contribution in [3.8, 4) is 11.1 Å². The molecule has 0 bridgehead atoms. The normalized spacial score (nSPS) is 16.7. The van der Waals surface area contributed by atoms with E-state index < -0.39 is 23.6 Å². The van der Waals surface area contributed by atoms with Crippen molar-refractivity contribution in [2.75, 3.05) is 6.61 Å². The molecule has 2 aliphatic carbocycles. The summed E-state index contributed by atoms with van der Waals surface area (Å²) in [6, 6.07) is 15.6. The van der Waals surface area contributed by atoms with Crippen LogP contribution in [-0.4, -0.2) is 41.3 Å². The molecule has 1 atom stereocenters. The Morgan fingerprint density at radius 3 is 2.17 bits per heavy atom. The van der Waals surface area contributed by atoms with Crippen LogP contribution in [0.25, 0.3) is 11.1 Å². The van der Waals surface area contributed by atoms with Crippen molar-refractivity contribution in [1.82, 2.24) is 10.6 Å². The van der Waals surface area contributed by atoms with E-state index in [1.54, 1.807) is 6.92 Å². The lowest BCUT2D eigenvalue weighted by Gasteiger charge is -2.21. The summed E-state index contributed by atoms with van der Waals surface area (Å²) in [5.74, 6) is -1.41. The summed E-state index contributed by atoms with van der Waals surface area (Å²) in [4.78, 5) is 35.7. The number of alkyl carbamates (subject to hydrolysis) is 1. The van der Waals surface area contributed by atoms with Gasteiger partial charge in [0.1, 0.15) is 12.1 Å². The van der Waals surface area contributed by atoms with Crippen LogP contribution in [0.1, 0.15) is 43.2 Å². The van der Waals surface area contributed by atoms with Crippen LogP contribution in [0.3, 0.4) is 0 Å². The van der Waals surface area contributed by atoms with Crippen LogP contribution < -0.4 is 10.6 Å². The average molecular weight is 408 g/mol. The summed E-state index contributed by atoms with van der Waals surface area (Å²) in [7, 11) is 0. The van der Waals surface area contributed by atoms with Crippen LogP contribution in [0, 0.1) is 0 Å². The zero-order valence-corrected chi connectivity index (χ0v) is 16.7. The second-order valence-electron chi connectivity index (χ2n) is 8.01. The summed E-state index contributed by atoms with van der Waals surface area (Å²) in [6.45, 7) is 1.79. The number of carbonyl (C=O) groups is 3. The second-order valence-corrected chi connectivity index (χ2v) is 8.01. The molecule has 2 aromatic carbocycles. The number of hydrogen-bond donors (Lipinski definition) is 3. The maximum atomic E-state index is 12.5. The predicted molar refractivity (Wildman–Crippen MR) is 110 cm³/mol. The van der Waals surface area contributed by atoms with Gasteiger partial charge in [0, 0.05) is 12.0 Å². The number of aliphatic carboxylic acids is 1. The molecule has 30 heavy (non-hydrogen) atoms. The molecule has 1 fully saturated rings. The highest BCUT2D eigenvalue weighted by molar-refractivity contribution is 5.93. The smallest absolute Gasteiger partial charge is 0.408 e. The highest BCUT2D eigenvalue weighted by atomic mass is 16.5. The van der Waals surface area contributed by atoms with Gasteiger partial charge in [-0.05, 0) is 42.0 Å². The topological polar surface area (TPSA) is 105 Å². The van der Waals surface area contributed by atoms with Gasteiger partial charge in [0.05, 0.1) is 6.42 Å². The summed E-state index contributed by atoms with van der Waals surface area (Å²) < 4.78 is 5.51. The summed E-state index contributed by atoms with van der Waals surface area (Å²) in [6.07, 6.45) is 0.189. The van der Waals surface area contributed by atoms with E-state index in [4.69, 9.17) is 9.84 Å². The van der Waals surface area contributed by atoms with E-state index in [9.17, 15) is 14.4 Å². The van der Waals surface area contributed by atoms with Gasteiger partial charge in [-0.15, -0.1) is 0 Å². The zero-order chi connectivity index (χ0) is 21.3. The van der Waals surface area contributed by atoms with Crippen molar-refractivity contribution in [1.29, 1.82) is 0 Å². The summed E-state index contributed by atoms with van der Waals surface area (Å²) >= 11 is 0. The minimum Gasteiger partial charge on any atom is -0.481 e. The zero-order valence-electron chi connectivity index (χ0n) is 16.7. The molecular weight excluding hydrogens is 384 g/mol. The third-order valence-electron chi connectivity index (χ3n) is 5.73. The Bertz CT molecular complexity index is 953. The average Bonchev–Trinajstić information content (AvgIpc) is 3.42. The summed E-state index contributed by atoms with van der Waals surface area (Å²) in [5, 5.41) is 14.2. The highest BCUT2D eigenvalue weighted by Gasteiger charge is 2.52. The van der Waals surface area contributed by atoms with E-state index in [0.717, 1.165) is 22.3 Å². The van der Waals surface area contributed by atoms with Gasteiger partial charge in [-0.1, -0.05) is 48.5 Å². The van der Waals surface area contributed by atoms with Gasteiger partial charge in [0.25, 0.3) is 0 Å². The molecular formula is C23H24N2O5. The van der Waals surface area contributed by atoms with E-state index in [1.165, 1.54) is 0 Å². The number of ether oxygens (including phenoxy) is 1. The molecule has 0 aliphatic heterocycles. The molecule has 0 heterocycles. The molecule has 156 valence electrons. The first-order chi connectivity index (χ1) is 14.4. The van der Waals surface area contributed by atoms with Crippen LogP contribution >= 0.6 is 0 Å². The molecule has 0 spiro atoms. The SMILES string of the molecule is C[C@H](CC(=O)O)NC(=O)C1(NC(=O)OCC2c3ccccc3-c3ccccc32)CC1. The first-order valence-corrected chi connectivity index (χ1v) is 10.1. The van der Waals surface area contributed by atoms with Gasteiger partial charge in [0.2, 0.25) is 5.91 Å². The van der Waals surface area contributed by atoms with Crippen LogP contribution in [0.4, 0.5) is 4.79 Å².